The van der Waals surface area contributed by atoms with Crippen molar-refractivity contribution < 1.29 is 14.3 Å². The summed E-state index contributed by atoms with van der Waals surface area (Å²) in [5.41, 5.74) is 0. The molecule has 80 valence electrons. The Kier molecular flexibility index (Phi) is 3.91. The van der Waals surface area contributed by atoms with Gasteiger partial charge in [0, 0.05) is 12.4 Å². The van der Waals surface area contributed by atoms with Crippen molar-refractivity contribution in [1.29, 1.82) is 0 Å². The van der Waals surface area contributed by atoms with Crippen molar-refractivity contribution >= 4 is 11.8 Å². The van der Waals surface area contributed by atoms with Crippen LogP contribution in [0.3, 0.4) is 0 Å². The Hall–Kier alpha value is -1.78. The Labute approximate surface area is 87.5 Å². The maximum atomic E-state index is 11.8. The Morgan fingerprint density at radius 2 is 2.00 bits per heavy atom. The van der Waals surface area contributed by atoms with E-state index in [9.17, 15) is 9.59 Å². The molecule has 0 fully saturated rings. The molecule has 0 aliphatic carbocycles. The van der Waals surface area contributed by atoms with Crippen LogP contribution in [-0.4, -0.2) is 28.8 Å². The predicted octanol–water partition coefficient (Wildman–Crippen LogP) is 0.859. The van der Waals surface area contributed by atoms with Gasteiger partial charge < -0.3 is 4.74 Å². The number of nitrogens with zero attached hydrogens (tertiary/aromatic N) is 2. The van der Waals surface area contributed by atoms with Gasteiger partial charge in [-0.05, 0) is 12.5 Å². The zero-order chi connectivity index (χ0) is 11.3. The minimum absolute atomic E-state index is 0.0507. The molecular formula is C10H12N2O3. The quantitative estimate of drug-likeness (QED) is 0.417. The molecule has 0 aliphatic rings. The summed E-state index contributed by atoms with van der Waals surface area (Å²) >= 11 is 0. The molecule has 0 spiro atoms. The molecule has 0 amide bonds. The van der Waals surface area contributed by atoms with E-state index in [1.165, 1.54) is 19.5 Å². The molecule has 1 heterocycles. The van der Waals surface area contributed by atoms with Crippen LogP contribution in [0.4, 0.5) is 0 Å². The average Bonchev–Trinajstić information content (AvgIpc) is 2.30. The normalized spacial score (nSPS) is 11.9. The van der Waals surface area contributed by atoms with Crippen LogP contribution >= 0.6 is 0 Å². The van der Waals surface area contributed by atoms with Crippen LogP contribution in [0.25, 0.3) is 0 Å². The number of rotatable bonds is 4. The van der Waals surface area contributed by atoms with E-state index >= 15 is 0 Å². The third kappa shape index (κ3) is 2.59. The molecule has 5 nitrogen and oxygen atoms in total. The topological polar surface area (TPSA) is 69.2 Å². The number of hydrogen-bond acceptors (Lipinski definition) is 5. The maximum absolute atomic E-state index is 11.8. The maximum Gasteiger partial charge on any atom is 0.316 e. The first-order valence-electron chi connectivity index (χ1n) is 4.59. The van der Waals surface area contributed by atoms with E-state index in [-0.39, 0.29) is 5.82 Å². The summed E-state index contributed by atoms with van der Waals surface area (Å²) in [5, 5.41) is 0. The second-order valence-electron chi connectivity index (χ2n) is 2.92. The molecule has 1 aromatic rings. The molecule has 1 rings (SSSR count). The van der Waals surface area contributed by atoms with Gasteiger partial charge in [0.2, 0.25) is 5.78 Å². The number of ketones is 1. The first kappa shape index (κ1) is 11.3. The molecule has 0 N–H and O–H groups in total. The van der Waals surface area contributed by atoms with Gasteiger partial charge in [-0.15, -0.1) is 0 Å². The summed E-state index contributed by atoms with van der Waals surface area (Å²) in [6.07, 6.45) is 3.30. The van der Waals surface area contributed by atoms with Crippen LogP contribution in [-0.2, 0) is 9.53 Å². The lowest BCUT2D eigenvalue weighted by molar-refractivity contribution is -0.143. The van der Waals surface area contributed by atoms with E-state index < -0.39 is 17.7 Å². The van der Waals surface area contributed by atoms with Crippen molar-refractivity contribution in [2.45, 2.75) is 13.3 Å². The van der Waals surface area contributed by atoms with E-state index in [1.807, 2.05) is 0 Å². The van der Waals surface area contributed by atoms with Gasteiger partial charge in [-0.2, -0.15) is 0 Å². The van der Waals surface area contributed by atoms with Crippen molar-refractivity contribution in [3.05, 3.63) is 24.3 Å². The molecule has 1 unspecified atom stereocenters. The molecule has 15 heavy (non-hydrogen) atoms. The van der Waals surface area contributed by atoms with Crippen LogP contribution in [0, 0.1) is 5.92 Å². The van der Waals surface area contributed by atoms with Gasteiger partial charge in [-0.1, -0.05) is 6.92 Å². The zero-order valence-corrected chi connectivity index (χ0v) is 8.64. The second kappa shape index (κ2) is 5.19. The molecular weight excluding hydrogens is 196 g/mol. The first-order chi connectivity index (χ1) is 7.20. The van der Waals surface area contributed by atoms with Gasteiger partial charge in [-0.3, -0.25) is 9.59 Å². The summed E-state index contributed by atoms with van der Waals surface area (Å²) in [6, 6.07) is 1.61. The minimum atomic E-state index is -0.808. The van der Waals surface area contributed by atoms with E-state index in [0.717, 1.165) is 0 Å². The van der Waals surface area contributed by atoms with Crippen molar-refractivity contribution in [1.82, 2.24) is 9.97 Å². The molecule has 5 heteroatoms. The summed E-state index contributed by atoms with van der Waals surface area (Å²) < 4.78 is 4.53. The Balaban J connectivity index is 2.87. The van der Waals surface area contributed by atoms with Crippen LogP contribution in [0.2, 0.25) is 0 Å². The zero-order valence-electron chi connectivity index (χ0n) is 8.64. The van der Waals surface area contributed by atoms with Crippen LogP contribution in [0.1, 0.15) is 24.0 Å². The fourth-order valence-electron chi connectivity index (χ4n) is 1.18. The number of aromatic nitrogens is 2. The van der Waals surface area contributed by atoms with Gasteiger partial charge in [0.05, 0.1) is 7.11 Å². The minimum Gasteiger partial charge on any atom is -0.468 e. The molecule has 1 atom stereocenters. The highest BCUT2D eigenvalue weighted by atomic mass is 16.5. The lowest BCUT2D eigenvalue weighted by atomic mass is 10.0. The third-order valence-corrected chi connectivity index (χ3v) is 2.00. The number of Topliss-reactive ketones (excluding diaryl/α,β-unsaturated/α-hetero) is 1. The van der Waals surface area contributed by atoms with E-state index in [0.29, 0.717) is 6.42 Å². The highest BCUT2D eigenvalue weighted by Crippen LogP contribution is 2.10. The Morgan fingerprint density at radius 3 is 2.47 bits per heavy atom. The Bertz CT molecular complexity index is 351. The molecule has 0 bridgehead atoms. The summed E-state index contributed by atoms with van der Waals surface area (Å²) in [7, 11) is 1.25. The first-order valence-corrected chi connectivity index (χ1v) is 4.59. The van der Waals surface area contributed by atoms with Crippen molar-refractivity contribution in [3.63, 3.8) is 0 Å². The van der Waals surface area contributed by atoms with Crippen molar-refractivity contribution in [2.24, 2.45) is 5.92 Å². The standard InChI is InChI=1S/C10H12N2O3/c1-3-7(10(14)15-2)8(13)9-11-5-4-6-12-9/h4-7H,3H2,1-2H3. The molecule has 1 aromatic heterocycles. The highest BCUT2D eigenvalue weighted by Gasteiger charge is 2.28. The molecule has 0 radical (unpaired) electrons. The fourth-order valence-corrected chi connectivity index (χ4v) is 1.18. The molecule has 0 aromatic carbocycles. The summed E-state index contributed by atoms with van der Waals surface area (Å²) in [5.74, 6) is -1.70. The molecule has 0 saturated carbocycles. The SMILES string of the molecule is CCC(C(=O)OC)C(=O)c1ncccn1. The number of carbonyl (C=O) groups excluding carboxylic acids is 2. The predicted molar refractivity (Wildman–Crippen MR) is 52.2 cm³/mol. The van der Waals surface area contributed by atoms with E-state index in [4.69, 9.17) is 0 Å². The monoisotopic (exact) mass is 208 g/mol. The van der Waals surface area contributed by atoms with Gasteiger partial charge in [0.1, 0.15) is 5.92 Å². The highest BCUT2D eigenvalue weighted by molar-refractivity contribution is 6.06. The second-order valence-corrected chi connectivity index (χ2v) is 2.92. The number of ether oxygens (including phenoxy) is 1. The molecule has 0 aliphatic heterocycles. The van der Waals surface area contributed by atoms with E-state index in [1.54, 1.807) is 13.0 Å². The van der Waals surface area contributed by atoms with Gasteiger partial charge in [0.15, 0.2) is 5.82 Å². The molecule has 0 saturated heterocycles. The number of hydrogen-bond donors (Lipinski definition) is 0. The number of methoxy groups -OCH3 is 1. The van der Waals surface area contributed by atoms with Gasteiger partial charge in [0.25, 0.3) is 0 Å². The van der Waals surface area contributed by atoms with Crippen LogP contribution in [0.5, 0.6) is 0 Å². The van der Waals surface area contributed by atoms with Crippen LogP contribution in [0.15, 0.2) is 18.5 Å². The van der Waals surface area contributed by atoms with Crippen molar-refractivity contribution in [2.75, 3.05) is 7.11 Å². The van der Waals surface area contributed by atoms with E-state index in [2.05, 4.69) is 14.7 Å². The Morgan fingerprint density at radius 1 is 1.40 bits per heavy atom. The van der Waals surface area contributed by atoms with Gasteiger partial charge in [-0.25, -0.2) is 9.97 Å². The summed E-state index contributed by atoms with van der Waals surface area (Å²) in [4.78, 5) is 30.6. The smallest absolute Gasteiger partial charge is 0.316 e. The lowest BCUT2D eigenvalue weighted by Crippen LogP contribution is -2.26. The largest absolute Gasteiger partial charge is 0.468 e. The van der Waals surface area contributed by atoms with Crippen molar-refractivity contribution in [3.8, 4) is 0 Å². The van der Waals surface area contributed by atoms with Gasteiger partial charge >= 0.3 is 5.97 Å². The number of esters is 1. The van der Waals surface area contributed by atoms with Crippen LogP contribution < -0.4 is 0 Å². The number of carbonyl (C=O) groups is 2. The summed E-state index contributed by atoms with van der Waals surface area (Å²) in [6.45, 7) is 1.74. The average molecular weight is 208 g/mol. The lowest BCUT2D eigenvalue weighted by Gasteiger charge is -2.09. The third-order valence-electron chi connectivity index (χ3n) is 2.00. The fraction of sp³-hybridized carbons (Fsp3) is 0.400.